The first-order valence-corrected chi connectivity index (χ1v) is 17.1. The summed E-state index contributed by atoms with van der Waals surface area (Å²) in [6.07, 6.45) is 10.1. The van der Waals surface area contributed by atoms with Gasteiger partial charge in [0.25, 0.3) is 11.8 Å². The Bertz CT molecular complexity index is 1450. The number of fused-ring (bicyclic) bond motifs is 2. The fourth-order valence-electron chi connectivity index (χ4n) is 5.66. The van der Waals surface area contributed by atoms with Gasteiger partial charge in [-0.2, -0.15) is 5.10 Å². The molecule has 4 N–H and O–H groups in total. The van der Waals surface area contributed by atoms with Crippen molar-refractivity contribution in [2.24, 2.45) is 5.92 Å². The lowest BCUT2D eigenvalue weighted by Gasteiger charge is -2.30. The summed E-state index contributed by atoms with van der Waals surface area (Å²) in [6.45, 7) is 5.03. The van der Waals surface area contributed by atoms with Crippen molar-refractivity contribution in [3.05, 3.63) is 30.1 Å². The molecule has 1 aromatic rings. The third-order valence-electron chi connectivity index (χ3n) is 9.20. The predicted molar refractivity (Wildman–Crippen MR) is 165 cm³/mol. The molecule has 248 valence electrons. The van der Waals surface area contributed by atoms with E-state index in [4.69, 9.17) is 0 Å². The van der Waals surface area contributed by atoms with E-state index in [1.54, 1.807) is 6.92 Å². The SMILES string of the molecule is CCC(C)(C)S(=O)(=O)NC(=O)[C@@]12CC1/C=C\CCCCC[C@H](NC(=O)c1ccn(CC(=O)NC)n1)C(=O)N1CCCC1C(=O)N2. The van der Waals surface area contributed by atoms with E-state index in [1.165, 1.54) is 42.7 Å². The second-order valence-electron chi connectivity index (χ2n) is 12.7. The highest BCUT2D eigenvalue weighted by Gasteiger charge is 2.61. The van der Waals surface area contributed by atoms with Gasteiger partial charge in [-0.3, -0.25) is 33.4 Å². The maximum atomic E-state index is 13.9. The van der Waals surface area contributed by atoms with Gasteiger partial charge >= 0.3 is 0 Å². The fraction of sp³-hybridized carbons (Fsp3) is 0.667. The van der Waals surface area contributed by atoms with Crippen LogP contribution in [0.5, 0.6) is 0 Å². The van der Waals surface area contributed by atoms with Crippen molar-refractivity contribution < 1.29 is 32.4 Å². The van der Waals surface area contributed by atoms with Crippen molar-refractivity contribution in [1.82, 2.24) is 35.4 Å². The van der Waals surface area contributed by atoms with E-state index in [-0.39, 0.29) is 36.9 Å². The predicted octanol–water partition coefficient (Wildman–Crippen LogP) is 0.748. The lowest BCUT2D eigenvalue weighted by atomic mass is 10.0. The molecule has 2 fully saturated rings. The van der Waals surface area contributed by atoms with E-state index >= 15 is 0 Å². The first-order chi connectivity index (χ1) is 21.2. The van der Waals surface area contributed by atoms with Gasteiger partial charge in [-0.25, -0.2) is 8.42 Å². The highest BCUT2D eigenvalue weighted by molar-refractivity contribution is 7.91. The summed E-state index contributed by atoms with van der Waals surface area (Å²) in [5.74, 6) is -2.96. The monoisotopic (exact) mass is 647 g/mol. The molecule has 0 aromatic carbocycles. The average Bonchev–Trinajstić information content (AvgIpc) is 3.31. The Morgan fingerprint density at radius 3 is 2.60 bits per heavy atom. The Morgan fingerprint density at radius 1 is 1.13 bits per heavy atom. The van der Waals surface area contributed by atoms with Crippen molar-refractivity contribution in [1.29, 1.82) is 0 Å². The van der Waals surface area contributed by atoms with Gasteiger partial charge in [0.15, 0.2) is 0 Å². The Kier molecular flexibility index (Phi) is 10.4. The molecule has 45 heavy (non-hydrogen) atoms. The fourth-order valence-corrected chi connectivity index (χ4v) is 6.75. The molecule has 1 aliphatic carbocycles. The Hall–Kier alpha value is -3.75. The van der Waals surface area contributed by atoms with Crippen molar-refractivity contribution in [2.45, 2.75) is 107 Å². The Balaban J connectivity index is 1.54. The smallest absolute Gasteiger partial charge is 0.272 e. The zero-order valence-electron chi connectivity index (χ0n) is 26.4. The second-order valence-corrected chi connectivity index (χ2v) is 15.0. The first kappa shape index (κ1) is 34.1. The van der Waals surface area contributed by atoms with E-state index < -0.39 is 56.0 Å². The second kappa shape index (κ2) is 13.7. The maximum absolute atomic E-state index is 13.9. The van der Waals surface area contributed by atoms with Crippen LogP contribution < -0.4 is 20.7 Å². The van der Waals surface area contributed by atoms with E-state index in [2.05, 4.69) is 25.8 Å². The topological polar surface area (TPSA) is 189 Å². The molecule has 4 atom stereocenters. The third-order valence-corrected chi connectivity index (χ3v) is 11.4. The molecule has 1 saturated heterocycles. The third kappa shape index (κ3) is 7.56. The number of rotatable bonds is 8. The number of aromatic nitrogens is 2. The number of carbonyl (C=O) groups is 5. The normalized spacial score (nSPS) is 26.8. The summed E-state index contributed by atoms with van der Waals surface area (Å²) in [7, 11) is -2.53. The summed E-state index contributed by atoms with van der Waals surface area (Å²) in [5, 5.41) is 12.3. The van der Waals surface area contributed by atoms with Crippen molar-refractivity contribution in [3.63, 3.8) is 0 Å². The quantitative estimate of drug-likeness (QED) is 0.297. The number of sulfonamides is 1. The van der Waals surface area contributed by atoms with Crippen LogP contribution in [-0.4, -0.2) is 88.6 Å². The molecule has 4 rings (SSSR count). The van der Waals surface area contributed by atoms with Gasteiger partial charge in [0.2, 0.25) is 27.7 Å². The molecule has 0 bridgehead atoms. The molecule has 3 aliphatic rings. The molecule has 0 radical (unpaired) electrons. The zero-order chi connectivity index (χ0) is 33.0. The standard InChI is InChI=1S/C30H45N7O7S/c1-5-29(2,3)45(43,44)35-28(42)30-18-20(30)12-9-7-6-8-10-13-22(27(41)37-16-11-14-23(37)26(40)33-30)32-25(39)21-15-17-36(34-21)19-24(38)31-4/h9,12,15,17,20,22-23H,5-8,10-11,13-14,16,18-19H2,1-4H3,(H,31,38)(H,32,39)(H,33,40)(H,35,42)/b12-9-/t20?,22-,23?,30+/m0/s1. The number of nitrogens with one attached hydrogen (secondary N) is 4. The molecule has 2 aliphatic heterocycles. The summed E-state index contributed by atoms with van der Waals surface area (Å²) in [4.78, 5) is 67.4. The van der Waals surface area contributed by atoms with Gasteiger partial charge < -0.3 is 20.9 Å². The van der Waals surface area contributed by atoms with Crippen molar-refractivity contribution in [3.8, 4) is 0 Å². The number of amides is 5. The summed E-state index contributed by atoms with van der Waals surface area (Å²) < 4.78 is 28.4. The van der Waals surface area contributed by atoms with Crippen LogP contribution in [0.25, 0.3) is 0 Å². The molecule has 1 aromatic heterocycles. The van der Waals surface area contributed by atoms with Gasteiger partial charge in [-0.05, 0) is 64.9 Å². The van der Waals surface area contributed by atoms with Gasteiger partial charge in [-0.15, -0.1) is 0 Å². The number of allylic oxidation sites excluding steroid dienone is 1. The van der Waals surface area contributed by atoms with Crippen LogP contribution in [0.3, 0.4) is 0 Å². The highest BCUT2D eigenvalue weighted by atomic mass is 32.2. The van der Waals surface area contributed by atoms with Crippen molar-refractivity contribution >= 4 is 39.6 Å². The average molecular weight is 648 g/mol. The summed E-state index contributed by atoms with van der Waals surface area (Å²) in [5.41, 5.74) is -1.39. The van der Waals surface area contributed by atoms with E-state index in [9.17, 15) is 32.4 Å². The van der Waals surface area contributed by atoms with E-state index in [1.807, 2.05) is 12.2 Å². The summed E-state index contributed by atoms with van der Waals surface area (Å²) >= 11 is 0. The van der Waals surface area contributed by atoms with Crippen molar-refractivity contribution in [2.75, 3.05) is 13.6 Å². The number of nitrogens with zero attached hydrogens (tertiary/aromatic N) is 3. The molecule has 3 heterocycles. The molecule has 15 heteroatoms. The molecule has 5 amide bonds. The maximum Gasteiger partial charge on any atom is 0.272 e. The Labute approximate surface area is 264 Å². The zero-order valence-corrected chi connectivity index (χ0v) is 27.2. The van der Waals surface area contributed by atoms with Crippen LogP contribution >= 0.6 is 0 Å². The first-order valence-electron chi connectivity index (χ1n) is 15.7. The van der Waals surface area contributed by atoms with Crippen LogP contribution in [0.4, 0.5) is 0 Å². The molecule has 2 unspecified atom stereocenters. The van der Waals surface area contributed by atoms with Crippen LogP contribution in [0.15, 0.2) is 24.4 Å². The van der Waals surface area contributed by atoms with E-state index in [0.717, 1.165) is 12.8 Å². The number of likely N-dealkylation sites (N-methyl/N-ethyl adjacent to an activating group) is 1. The molecule has 0 spiro atoms. The Morgan fingerprint density at radius 2 is 1.89 bits per heavy atom. The minimum absolute atomic E-state index is 0.0531. The van der Waals surface area contributed by atoms with Crippen LogP contribution in [0.1, 0.15) is 89.0 Å². The lowest BCUT2D eigenvalue weighted by Crippen LogP contribution is -2.59. The van der Waals surface area contributed by atoms with Crippen LogP contribution in [-0.2, 0) is 35.7 Å². The summed E-state index contributed by atoms with van der Waals surface area (Å²) in [6, 6.07) is -0.332. The molecular formula is C30H45N7O7S. The highest BCUT2D eigenvalue weighted by Crippen LogP contribution is 2.46. The van der Waals surface area contributed by atoms with Gasteiger partial charge in [-0.1, -0.05) is 31.9 Å². The van der Waals surface area contributed by atoms with Gasteiger partial charge in [0.05, 0.1) is 4.75 Å². The minimum Gasteiger partial charge on any atom is -0.358 e. The number of carbonyl (C=O) groups excluding carboxylic acids is 5. The van der Waals surface area contributed by atoms with Crippen LogP contribution in [0, 0.1) is 5.92 Å². The van der Waals surface area contributed by atoms with Gasteiger partial charge in [0.1, 0.15) is 29.9 Å². The minimum atomic E-state index is -4.03. The number of hydrogen-bond acceptors (Lipinski definition) is 8. The largest absolute Gasteiger partial charge is 0.358 e. The molecular weight excluding hydrogens is 602 g/mol. The van der Waals surface area contributed by atoms with E-state index in [0.29, 0.717) is 38.6 Å². The lowest BCUT2D eigenvalue weighted by molar-refractivity contribution is -0.141. The van der Waals surface area contributed by atoms with Crippen LogP contribution in [0.2, 0.25) is 0 Å². The number of hydrogen-bond donors (Lipinski definition) is 4. The molecule has 14 nitrogen and oxygen atoms in total. The van der Waals surface area contributed by atoms with Gasteiger partial charge in [0, 0.05) is 25.7 Å². The molecule has 1 saturated carbocycles.